The van der Waals surface area contributed by atoms with Crippen molar-refractivity contribution in [2.75, 3.05) is 0 Å². The average molecular weight is 656 g/mol. The monoisotopic (exact) mass is 655 g/mol. The van der Waals surface area contributed by atoms with E-state index in [0.717, 1.165) is 43.7 Å². The first-order chi connectivity index (χ1) is 23.4. The molecule has 48 heavy (non-hydrogen) atoms. The molecular formula is C41H30N3O2PSi. The number of benzene rings is 6. The van der Waals surface area contributed by atoms with Gasteiger partial charge in [-0.2, -0.15) is 0 Å². The van der Waals surface area contributed by atoms with Crippen LogP contribution in [0.4, 0.5) is 0 Å². The highest BCUT2D eigenvalue weighted by Crippen LogP contribution is 2.52. The normalized spacial score (nSPS) is 16.6. The lowest BCUT2D eigenvalue weighted by Crippen LogP contribution is -2.49. The molecule has 0 bridgehead atoms. The zero-order chi connectivity index (χ0) is 32.5. The Kier molecular flexibility index (Phi) is 6.48. The van der Waals surface area contributed by atoms with Crippen molar-refractivity contribution in [1.29, 1.82) is 0 Å². The summed E-state index contributed by atoms with van der Waals surface area (Å²) in [6.45, 7) is 4.75. The lowest BCUT2D eigenvalue weighted by molar-refractivity contribution is 0.486. The maximum Gasteiger partial charge on any atom is 0.178 e. The van der Waals surface area contributed by atoms with Gasteiger partial charge in [0.25, 0.3) is 0 Å². The van der Waals surface area contributed by atoms with Gasteiger partial charge in [0.1, 0.15) is 19.6 Å². The van der Waals surface area contributed by atoms with E-state index in [4.69, 9.17) is 19.7 Å². The van der Waals surface area contributed by atoms with Crippen LogP contribution in [0.1, 0.15) is 0 Å². The number of nitrogens with zero attached hydrogens (tertiary/aromatic N) is 3. The SMILES string of the molecule is C[Si]1(C)c2ccc(-c3nc(-c4ccccc4)nc(-c4ccccc4)n3)cc2-c2cc3c(cc21)Oc1ccccc1P3(=O)c1ccccc1. The Morgan fingerprint density at radius 1 is 0.500 bits per heavy atom. The van der Waals surface area contributed by atoms with Crippen LogP contribution in [-0.4, -0.2) is 23.0 Å². The summed E-state index contributed by atoms with van der Waals surface area (Å²) in [6.07, 6.45) is 0. The molecule has 1 unspecified atom stereocenters. The highest BCUT2D eigenvalue weighted by molar-refractivity contribution is 7.85. The molecule has 9 rings (SSSR count). The number of hydrogen-bond donors (Lipinski definition) is 0. The van der Waals surface area contributed by atoms with Gasteiger partial charge in [-0.25, -0.2) is 15.0 Å². The summed E-state index contributed by atoms with van der Waals surface area (Å²) in [5, 5.41) is 4.89. The van der Waals surface area contributed by atoms with Gasteiger partial charge in [0, 0.05) is 22.0 Å². The van der Waals surface area contributed by atoms with Crippen LogP contribution in [0, 0.1) is 0 Å². The standard InChI is InChI=1S/C41H30N3O2PSi/c1-48(2)37-23-22-29(41-43-39(27-14-6-3-7-15-27)42-40(44-41)28-16-8-4-9-17-28)24-31(37)32-25-36-34(26-38(32)48)46-33-20-12-13-21-35(33)47(36,45)30-18-10-5-11-19-30/h3-26H,1-2H3. The molecule has 230 valence electrons. The molecule has 2 aliphatic heterocycles. The van der Waals surface area contributed by atoms with Crippen molar-refractivity contribution >= 4 is 41.5 Å². The quantitative estimate of drug-likeness (QED) is 0.146. The van der Waals surface area contributed by atoms with Gasteiger partial charge in [0.2, 0.25) is 0 Å². The molecule has 0 aliphatic carbocycles. The van der Waals surface area contributed by atoms with Crippen molar-refractivity contribution in [1.82, 2.24) is 15.0 Å². The Bertz CT molecular complexity index is 2380. The van der Waals surface area contributed by atoms with E-state index in [0.29, 0.717) is 29.0 Å². The molecule has 0 saturated carbocycles. The number of para-hydroxylation sites is 1. The van der Waals surface area contributed by atoms with Crippen molar-refractivity contribution in [3.8, 4) is 56.8 Å². The van der Waals surface area contributed by atoms with Gasteiger partial charge in [-0.3, -0.25) is 0 Å². The van der Waals surface area contributed by atoms with Crippen molar-refractivity contribution in [2.45, 2.75) is 13.1 Å². The molecule has 0 fully saturated rings. The van der Waals surface area contributed by atoms with Crippen molar-refractivity contribution in [3.63, 3.8) is 0 Å². The summed E-state index contributed by atoms with van der Waals surface area (Å²) in [5.41, 5.74) is 5.03. The molecule has 0 amide bonds. The second kappa shape index (κ2) is 10.8. The molecule has 0 N–H and O–H groups in total. The predicted octanol–water partition coefficient (Wildman–Crippen LogP) is 7.42. The van der Waals surface area contributed by atoms with Gasteiger partial charge in [-0.05, 0) is 51.8 Å². The third kappa shape index (κ3) is 4.37. The van der Waals surface area contributed by atoms with E-state index < -0.39 is 15.2 Å². The zero-order valence-electron chi connectivity index (χ0n) is 26.5. The zero-order valence-corrected chi connectivity index (χ0v) is 28.4. The molecule has 2 aliphatic rings. The van der Waals surface area contributed by atoms with Crippen LogP contribution in [0.25, 0.3) is 45.3 Å². The lowest BCUT2D eigenvalue weighted by atomic mass is 10.0. The van der Waals surface area contributed by atoms with Gasteiger partial charge in [-0.1, -0.05) is 128 Å². The largest absolute Gasteiger partial charge is 0.456 e. The van der Waals surface area contributed by atoms with Crippen LogP contribution >= 0.6 is 7.14 Å². The van der Waals surface area contributed by atoms with Crippen LogP contribution in [0.5, 0.6) is 11.5 Å². The van der Waals surface area contributed by atoms with E-state index in [1.165, 1.54) is 10.4 Å². The molecule has 0 spiro atoms. The number of rotatable bonds is 4. The predicted molar refractivity (Wildman–Crippen MR) is 198 cm³/mol. The molecule has 0 saturated heterocycles. The number of ether oxygens (including phenoxy) is 1. The van der Waals surface area contributed by atoms with Crippen molar-refractivity contribution in [3.05, 3.63) is 146 Å². The maximum absolute atomic E-state index is 15.5. The van der Waals surface area contributed by atoms with E-state index in [1.807, 2.05) is 115 Å². The highest BCUT2D eigenvalue weighted by Gasteiger charge is 2.44. The summed E-state index contributed by atoms with van der Waals surface area (Å²) in [7, 11) is -5.36. The second-order valence-electron chi connectivity index (χ2n) is 12.8. The van der Waals surface area contributed by atoms with Crippen LogP contribution in [0.2, 0.25) is 13.1 Å². The molecule has 5 nitrogen and oxygen atoms in total. The molecule has 7 aromatic rings. The van der Waals surface area contributed by atoms with Crippen molar-refractivity contribution < 1.29 is 9.30 Å². The lowest BCUT2D eigenvalue weighted by Gasteiger charge is -2.30. The molecular weight excluding hydrogens is 626 g/mol. The third-order valence-electron chi connectivity index (χ3n) is 9.60. The highest BCUT2D eigenvalue weighted by atomic mass is 31.2. The minimum Gasteiger partial charge on any atom is -0.456 e. The van der Waals surface area contributed by atoms with E-state index in [9.17, 15) is 0 Å². The minimum absolute atomic E-state index is 0.614. The first-order valence-electron chi connectivity index (χ1n) is 16.1. The molecule has 6 aromatic carbocycles. The maximum atomic E-state index is 15.5. The van der Waals surface area contributed by atoms with E-state index >= 15 is 4.57 Å². The van der Waals surface area contributed by atoms with Crippen molar-refractivity contribution in [2.24, 2.45) is 0 Å². The van der Waals surface area contributed by atoms with Gasteiger partial charge in [0.05, 0.1) is 10.6 Å². The Hall–Kier alpha value is -5.42. The molecule has 3 heterocycles. The number of hydrogen-bond acceptors (Lipinski definition) is 5. The van der Waals surface area contributed by atoms with Crippen LogP contribution < -0.4 is 31.0 Å². The molecule has 1 aromatic heterocycles. The Morgan fingerprint density at radius 2 is 1.04 bits per heavy atom. The third-order valence-corrected chi connectivity index (χ3v) is 16.2. The first kappa shape index (κ1) is 28.8. The van der Waals surface area contributed by atoms with Gasteiger partial charge in [-0.15, -0.1) is 0 Å². The van der Waals surface area contributed by atoms with Crippen LogP contribution in [-0.2, 0) is 4.57 Å². The number of aromatic nitrogens is 3. The fraction of sp³-hybridized carbons (Fsp3) is 0.0488. The average Bonchev–Trinajstić information content (AvgIpc) is 3.36. The smallest absolute Gasteiger partial charge is 0.178 e. The van der Waals surface area contributed by atoms with E-state index in [2.05, 4.69) is 43.4 Å². The van der Waals surface area contributed by atoms with Crippen LogP contribution in [0.15, 0.2) is 146 Å². The Morgan fingerprint density at radius 3 is 1.69 bits per heavy atom. The van der Waals surface area contributed by atoms with Gasteiger partial charge in [0.15, 0.2) is 24.6 Å². The van der Waals surface area contributed by atoms with E-state index in [-0.39, 0.29) is 0 Å². The molecule has 7 heteroatoms. The Labute approximate surface area is 280 Å². The summed E-state index contributed by atoms with van der Waals surface area (Å²) in [6, 6.07) is 48.6. The summed E-state index contributed by atoms with van der Waals surface area (Å²) < 4.78 is 22.0. The van der Waals surface area contributed by atoms with Crippen LogP contribution in [0.3, 0.4) is 0 Å². The topological polar surface area (TPSA) is 65.0 Å². The van der Waals surface area contributed by atoms with Gasteiger partial charge >= 0.3 is 0 Å². The fourth-order valence-electron chi connectivity index (χ4n) is 7.14. The first-order valence-corrected chi connectivity index (χ1v) is 20.8. The summed E-state index contributed by atoms with van der Waals surface area (Å²) in [5.74, 6) is 3.22. The van der Waals surface area contributed by atoms with Gasteiger partial charge < -0.3 is 9.30 Å². The summed E-state index contributed by atoms with van der Waals surface area (Å²) in [4.78, 5) is 14.9. The van der Waals surface area contributed by atoms with E-state index in [1.54, 1.807) is 0 Å². The fourth-order valence-corrected chi connectivity index (χ4v) is 13.0. The Balaban J connectivity index is 1.25. The molecule has 0 radical (unpaired) electrons. The summed E-state index contributed by atoms with van der Waals surface area (Å²) >= 11 is 0. The number of fused-ring (bicyclic) bond motifs is 5. The second-order valence-corrected chi connectivity index (χ2v) is 19.8. The minimum atomic E-state index is -3.23. The molecule has 1 atom stereocenters.